The van der Waals surface area contributed by atoms with Crippen molar-refractivity contribution in [2.24, 2.45) is 0 Å². The molecule has 3 N–H and O–H groups in total. The first-order valence-electron chi connectivity index (χ1n) is 8.28. The number of nitrogens with one attached hydrogen (secondary N) is 3. The predicted molar refractivity (Wildman–Crippen MR) is 102 cm³/mol. The van der Waals surface area contributed by atoms with Crippen molar-refractivity contribution in [1.82, 2.24) is 15.0 Å². The van der Waals surface area contributed by atoms with Crippen LogP contribution in [0.1, 0.15) is 15.9 Å². The molecular weight excluding hydrogens is 342 g/mol. The predicted octanol–water partition coefficient (Wildman–Crippen LogP) is 2.52. The van der Waals surface area contributed by atoms with Crippen molar-refractivity contribution >= 4 is 23.5 Å². The summed E-state index contributed by atoms with van der Waals surface area (Å²) in [5, 5.41) is 17.7. The van der Waals surface area contributed by atoms with E-state index in [0.717, 1.165) is 0 Å². The van der Waals surface area contributed by atoms with Gasteiger partial charge in [-0.3, -0.25) is 4.79 Å². The third-order valence-corrected chi connectivity index (χ3v) is 3.54. The van der Waals surface area contributed by atoms with E-state index in [0.29, 0.717) is 41.8 Å². The van der Waals surface area contributed by atoms with Gasteiger partial charge in [-0.2, -0.15) is 10.2 Å². The first-order chi connectivity index (χ1) is 13.2. The van der Waals surface area contributed by atoms with E-state index in [9.17, 15) is 4.79 Å². The Morgan fingerprint density at radius 1 is 0.963 bits per heavy atom. The number of carbonyl (C=O) groups excluding carboxylic acids is 1. The molecule has 1 amide bonds. The van der Waals surface area contributed by atoms with Crippen molar-refractivity contribution in [2.75, 3.05) is 29.0 Å². The lowest BCUT2D eigenvalue weighted by molar-refractivity contribution is 0.102. The lowest BCUT2D eigenvalue weighted by Crippen LogP contribution is -2.17. The highest BCUT2D eigenvalue weighted by atomic mass is 16.1. The van der Waals surface area contributed by atoms with Gasteiger partial charge in [-0.25, -0.2) is 9.97 Å². The van der Waals surface area contributed by atoms with E-state index in [1.165, 1.54) is 6.20 Å². The summed E-state index contributed by atoms with van der Waals surface area (Å²) >= 11 is 0. The van der Waals surface area contributed by atoms with Crippen molar-refractivity contribution in [3.63, 3.8) is 0 Å². The largest absolute Gasteiger partial charge is 0.368 e. The number of rotatable bonds is 7. The fourth-order valence-corrected chi connectivity index (χ4v) is 2.22. The average molecular weight is 359 g/mol. The Balaban J connectivity index is 1.48. The molecule has 3 aromatic rings. The molecule has 3 rings (SSSR count). The maximum Gasteiger partial charge on any atom is 0.256 e. The molecule has 1 aromatic carbocycles. The number of nitriles is 1. The third kappa shape index (κ3) is 5.24. The van der Waals surface area contributed by atoms with E-state index in [-0.39, 0.29) is 5.91 Å². The molecule has 0 saturated heterocycles. The summed E-state index contributed by atoms with van der Waals surface area (Å²) in [5.41, 5.74) is 1.08. The second-order valence-electron chi connectivity index (χ2n) is 5.48. The Morgan fingerprint density at radius 3 is 2.52 bits per heavy atom. The van der Waals surface area contributed by atoms with Gasteiger partial charge in [0, 0.05) is 31.0 Å². The zero-order valence-electron chi connectivity index (χ0n) is 14.4. The zero-order valence-corrected chi connectivity index (χ0v) is 14.4. The van der Waals surface area contributed by atoms with Crippen LogP contribution in [0.4, 0.5) is 17.6 Å². The summed E-state index contributed by atoms with van der Waals surface area (Å²) in [6.45, 7) is 1.14. The molecule has 0 bridgehead atoms. The van der Waals surface area contributed by atoms with Crippen molar-refractivity contribution in [2.45, 2.75) is 0 Å². The topological polar surface area (TPSA) is 116 Å². The molecule has 0 atom stereocenters. The molecule has 8 nitrogen and oxygen atoms in total. The summed E-state index contributed by atoms with van der Waals surface area (Å²) in [4.78, 5) is 24.7. The Kier molecular flexibility index (Phi) is 5.89. The quantitative estimate of drug-likeness (QED) is 0.555. The van der Waals surface area contributed by atoms with Crippen LogP contribution in [0.15, 0.2) is 60.9 Å². The van der Waals surface area contributed by atoms with E-state index in [4.69, 9.17) is 5.26 Å². The van der Waals surface area contributed by atoms with Crippen molar-refractivity contribution in [1.29, 1.82) is 5.26 Å². The standard InChI is InChI=1S/C19H17N7O/c20-12-14-6-7-16(24-13-14)21-10-11-23-19-22-9-8-17(26-19)25-18(27)15-4-2-1-3-5-15/h1-9,13H,10-11H2,(H,21,24)(H2,22,23,25,26,27). The SMILES string of the molecule is N#Cc1ccc(NCCNc2nccc(NC(=O)c3ccccc3)n2)nc1. The van der Waals surface area contributed by atoms with Gasteiger partial charge in [-0.1, -0.05) is 18.2 Å². The maximum absolute atomic E-state index is 12.2. The normalized spacial score (nSPS) is 9.89. The minimum Gasteiger partial charge on any atom is -0.368 e. The Hall–Kier alpha value is -3.99. The van der Waals surface area contributed by atoms with Crippen LogP contribution in [0.3, 0.4) is 0 Å². The van der Waals surface area contributed by atoms with Crippen LogP contribution >= 0.6 is 0 Å². The number of amides is 1. The second kappa shape index (κ2) is 8.92. The van der Waals surface area contributed by atoms with E-state index in [1.807, 2.05) is 12.1 Å². The van der Waals surface area contributed by atoms with Gasteiger partial charge in [0.2, 0.25) is 5.95 Å². The van der Waals surface area contributed by atoms with E-state index < -0.39 is 0 Å². The lowest BCUT2D eigenvalue weighted by Gasteiger charge is -2.09. The molecule has 8 heteroatoms. The molecule has 0 spiro atoms. The molecule has 134 valence electrons. The van der Waals surface area contributed by atoms with Gasteiger partial charge in [0.05, 0.1) is 5.56 Å². The minimum atomic E-state index is -0.228. The van der Waals surface area contributed by atoms with Gasteiger partial charge in [0.1, 0.15) is 17.7 Å². The Bertz CT molecular complexity index is 936. The van der Waals surface area contributed by atoms with E-state index >= 15 is 0 Å². The highest BCUT2D eigenvalue weighted by molar-refractivity contribution is 6.03. The monoisotopic (exact) mass is 359 g/mol. The van der Waals surface area contributed by atoms with Crippen LogP contribution in [0.5, 0.6) is 0 Å². The fraction of sp³-hybridized carbons (Fsp3) is 0.105. The first kappa shape index (κ1) is 17.8. The van der Waals surface area contributed by atoms with Crippen LogP contribution in [-0.2, 0) is 0 Å². The molecule has 2 heterocycles. The highest BCUT2D eigenvalue weighted by Crippen LogP contribution is 2.08. The van der Waals surface area contributed by atoms with Crippen LogP contribution in [0.2, 0.25) is 0 Å². The number of aromatic nitrogens is 3. The molecule has 0 aliphatic rings. The first-order valence-corrected chi connectivity index (χ1v) is 8.28. The molecule has 0 aliphatic heterocycles. The van der Waals surface area contributed by atoms with Gasteiger partial charge < -0.3 is 16.0 Å². The summed E-state index contributed by atoms with van der Waals surface area (Å²) < 4.78 is 0. The van der Waals surface area contributed by atoms with Gasteiger partial charge in [0.15, 0.2) is 0 Å². The third-order valence-electron chi connectivity index (χ3n) is 3.54. The summed E-state index contributed by atoms with van der Waals surface area (Å²) in [6, 6.07) is 16.0. The van der Waals surface area contributed by atoms with Crippen molar-refractivity contribution < 1.29 is 4.79 Å². The summed E-state index contributed by atoms with van der Waals surface area (Å²) in [7, 11) is 0. The molecule has 0 saturated carbocycles. The van der Waals surface area contributed by atoms with Crippen LogP contribution in [0.25, 0.3) is 0 Å². The van der Waals surface area contributed by atoms with Gasteiger partial charge in [-0.05, 0) is 30.3 Å². The van der Waals surface area contributed by atoms with Crippen LogP contribution in [0, 0.1) is 11.3 Å². The molecule has 27 heavy (non-hydrogen) atoms. The fourth-order valence-electron chi connectivity index (χ4n) is 2.22. The zero-order chi connectivity index (χ0) is 18.9. The number of benzene rings is 1. The summed E-state index contributed by atoms with van der Waals surface area (Å²) in [5.74, 6) is 1.29. The smallest absolute Gasteiger partial charge is 0.256 e. The minimum absolute atomic E-state index is 0.228. The molecule has 0 radical (unpaired) electrons. The Morgan fingerprint density at radius 2 is 1.78 bits per heavy atom. The van der Waals surface area contributed by atoms with E-state index in [2.05, 4.69) is 30.9 Å². The number of anilines is 3. The number of carbonyl (C=O) groups is 1. The number of hydrogen-bond donors (Lipinski definition) is 3. The summed E-state index contributed by atoms with van der Waals surface area (Å²) in [6.07, 6.45) is 3.09. The highest BCUT2D eigenvalue weighted by Gasteiger charge is 2.06. The van der Waals surface area contributed by atoms with Gasteiger partial charge >= 0.3 is 0 Å². The molecule has 2 aromatic heterocycles. The van der Waals surface area contributed by atoms with Crippen LogP contribution in [-0.4, -0.2) is 33.9 Å². The number of nitrogens with zero attached hydrogens (tertiary/aromatic N) is 4. The Labute approximate surface area is 156 Å². The molecule has 0 aliphatic carbocycles. The van der Waals surface area contributed by atoms with E-state index in [1.54, 1.807) is 48.7 Å². The molecule has 0 fully saturated rings. The van der Waals surface area contributed by atoms with Gasteiger partial charge in [0.25, 0.3) is 5.91 Å². The lowest BCUT2D eigenvalue weighted by atomic mass is 10.2. The molecule has 0 unspecified atom stereocenters. The van der Waals surface area contributed by atoms with Crippen molar-refractivity contribution in [3.8, 4) is 6.07 Å². The van der Waals surface area contributed by atoms with Crippen molar-refractivity contribution in [3.05, 3.63) is 72.1 Å². The number of hydrogen-bond acceptors (Lipinski definition) is 7. The molecular formula is C19H17N7O. The van der Waals surface area contributed by atoms with Gasteiger partial charge in [-0.15, -0.1) is 0 Å². The number of pyridine rings is 1. The average Bonchev–Trinajstić information content (AvgIpc) is 2.72. The maximum atomic E-state index is 12.2. The van der Waals surface area contributed by atoms with Crippen LogP contribution < -0.4 is 16.0 Å². The second-order valence-corrected chi connectivity index (χ2v) is 5.48.